The van der Waals surface area contributed by atoms with Crippen molar-refractivity contribution >= 4 is 39.2 Å². The minimum absolute atomic E-state index is 0.00531. The zero-order valence-electron chi connectivity index (χ0n) is 10.8. The SMILES string of the molecule is CCCN(CCC(=O)O)S(=O)(=O)c1ccc(Cl)c(Cl)c1. The summed E-state index contributed by atoms with van der Waals surface area (Å²) in [5, 5.41) is 9.09. The molecule has 0 aliphatic heterocycles. The average Bonchev–Trinajstić information content (AvgIpc) is 2.37. The van der Waals surface area contributed by atoms with Crippen molar-refractivity contribution in [1.29, 1.82) is 0 Å². The Morgan fingerprint density at radius 1 is 1.25 bits per heavy atom. The molecule has 0 aliphatic rings. The minimum atomic E-state index is -3.77. The van der Waals surface area contributed by atoms with E-state index in [1.807, 2.05) is 6.92 Å². The van der Waals surface area contributed by atoms with Crippen molar-refractivity contribution in [2.75, 3.05) is 13.1 Å². The molecule has 1 aromatic carbocycles. The number of carboxylic acid groups (broad SMARTS) is 1. The molecule has 0 radical (unpaired) electrons. The Balaban J connectivity index is 3.08. The molecule has 112 valence electrons. The van der Waals surface area contributed by atoms with Crippen LogP contribution >= 0.6 is 23.2 Å². The first-order valence-electron chi connectivity index (χ1n) is 5.96. The van der Waals surface area contributed by atoms with Gasteiger partial charge in [0.25, 0.3) is 0 Å². The Labute approximate surface area is 128 Å². The molecule has 0 amide bonds. The molecule has 0 aromatic heterocycles. The molecule has 0 aliphatic carbocycles. The summed E-state index contributed by atoms with van der Waals surface area (Å²) in [5.74, 6) is -1.05. The molecule has 1 N–H and O–H groups in total. The van der Waals surface area contributed by atoms with Crippen molar-refractivity contribution in [3.63, 3.8) is 0 Å². The monoisotopic (exact) mass is 339 g/mol. The molecule has 1 aromatic rings. The summed E-state index contributed by atoms with van der Waals surface area (Å²) in [6.07, 6.45) is 0.334. The first kappa shape index (κ1) is 17.2. The van der Waals surface area contributed by atoms with Gasteiger partial charge < -0.3 is 5.11 Å². The number of carboxylic acids is 1. The van der Waals surface area contributed by atoms with E-state index in [-0.39, 0.29) is 34.5 Å². The summed E-state index contributed by atoms with van der Waals surface area (Å²) in [7, 11) is -3.77. The van der Waals surface area contributed by atoms with Crippen LogP contribution in [-0.2, 0) is 14.8 Å². The van der Waals surface area contributed by atoms with E-state index in [1.165, 1.54) is 18.2 Å². The molecule has 0 bridgehead atoms. The second kappa shape index (κ2) is 7.26. The number of benzene rings is 1. The first-order valence-corrected chi connectivity index (χ1v) is 8.15. The van der Waals surface area contributed by atoms with Crippen LogP contribution in [0.25, 0.3) is 0 Å². The minimum Gasteiger partial charge on any atom is -0.481 e. The number of aliphatic carboxylic acids is 1. The Morgan fingerprint density at radius 3 is 2.40 bits per heavy atom. The van der Waals surface area contributed by atoms with Crippen LogP contribution in [-0.4, -0.2) is 36.9 Å². The van der Waals surface area contributed by atoms with Gasteiger partial charge in [0, 0.05) is 13.1 Å². The fourth-order valence-electron chi connectivity index (χ4n) is 1.61. The highest BCUT2D eigenvalue weighted by Crippen LogP contribution is 2.26. The van der Waals surface area contributed by atoms with Gasteiger partial charge in [-0.25, -0.2) is 8.42 Å². The standard InChI is InChI=1S/C12H15Cl2NO4S/c1-2-6-15(7-5-12(16)17)20(18,19)9-3-4-10(13)11(14)8-9/h3-4,8H,2,5-7H2,1H3,(H,16,17). The number of nitrogens with zero attached hydrogens (tertiary/aromatic N) is 1. The Bertz CT molecular complexity index is 589. The number of sulfonamides is 1. The van der Waals surface area contributed by atoms with Gasteiger partial charge in [0.15, 0.2) is 0 Å². The molecule has 0 saturated heterocycles. The van der Waals surface area contributed by atoms with Crippen LogP contribution in [0.3, 0.4) is 0 Å². The molecule has 5 nitrogen and oxygen atoms in total. The highest BCUT2D eigenvalue weighted by Gasteiger charge is 2.24. The van der Waals surface area contributed by atoms with E-state index in [0.29, 0.717) is 6.42 Å². The molecule has 20 heavy (non-hydrogen) atoms. The highest BCUT2D eigenvalue weighted by atomic mass is 35.5. The Morgan fingerprint density at radius 2 is 1.90 bits per heavy atom. The van der Waals surface area contributed by atoms with E-state index < -0.39 is 16.0 Å². The summed E-state index contributed by atoms with van der Waals surface area (Å²) in [6.45, 7) is 1.99. The molecule has 0 atom stereocenters. The smallest absolute Gasteiger partial charge is 0.304 e. The molecular formula is C12H15Cl2NO4S. The van der Waals surface area contributed by atoms with E-state index in [4.69, 9.17) is 28.3 Å². The first-order chi connectivity index (χ1) is 9.28. The third-order valence-corrected chi connectivity index (χ3v) is 5.21. The van der Waals surface area contributed by atoms with Gasteiger partial charge in [-0.3, -0.25) is 4.79 Å². The van der Waals surface area contributed by atoms with Gasteiger partial charge >= 0.3 is 5.97 Å². The number of carbonyl (C=O) groups is 1. The van der Waals surface area contributed by atoms with Gasteiger partial charge in [0.05, 0.1) is 21.4 Å². The van der Waals surface area contributed by atoms with Crippen molar-refractivity contribution in [3.05, 3.63) is 28.2 Å². The van der Waals surface area contributed by atoms with Gasteiger partial charge in [0.2, 0.25) is 10.0 Å². The normalized spacial score (nSPS) is 11.8. The van der Waals surface area contributed by atoms with Crippen LogP contribution in [0.2, 0.25) is 10.0 Å². The lowest BCUT2D eigenvalue weighted by Crippen LogP contribution is -2.33. The maximum Gasteiger partial charge on any atom is 0.304 e. The number of hydrogen-bond acceptors (Lipinski definition) is 3. The molecule has 0 spiro atoms. The largest absolute Gasteiger partial charge is 0.481 e. The van der Waals surface area contributed by atoms with Gasteiger partial charge in [-0.05, 0) is 24.6 Å². The van der Waals surface area contributed by atoms with Gasteiger partial charge in [-0.15, -0.1) is 0 Å². The van der Waals surface area contributed by atoms with Crippen LogP contribution < -0.4 is 0 Å². The lowest BCUT2D eigenvalue weighted by Gasteiger charge is -2.21. The lowest BCUT2D eigenvalue weighted by molar-refractivity contribution is -0.137. The second-order valence-electron chi connectivity index (χ2n) is 4.12. The van der Waals surface area contributed by atoms with Crippen LogP contribution in [0.5, 0.6) is 0 Å². The molecule has 8 heteroatoms. The zero-order chi connectivity index (χ0) is 15.3. The van der Waals surface area contributed by atoms with Gasteiger partial charge in [0.1, 0.15) is 0 Å². The molecule has 0 fully saturated rings. The number of halogens is 2. The number of hydrogen-bond donors (Lipinski definition) is 1. The molecular weight excluding hydrogens is 325 g/mol. The van der Waals surface area contributed by atoms with E-state index in [2.05, 4.69) is 0 Å². The fraction of sp³-hybridized carbons (Fsp3) is 0.417. The van der Waals surface area contributed by atoms with E-state index in [1.54, 1.807) is 0 Å². The predicted octanol–water partition coefficient (Wildman–Crippen LogP) is 2.87. The second-order valence-corrected chi connectivity index (χ2v) is 6.88. The molecule has 0 saturated carbocycles. The maximum absolute atomic E-state index is 12.4. The summed E-state index contributed by atoms with van der Waals surface area (Å²) in [6, 6.07) is 4.02. The zero-order valence-corrected chi connectivity index (χ0v) is 13.2. The third-order valence-electron chi connectivity index (χ3n) is 2.58. The maximum atomic E-state index is 12.4. The van der Waals surface area contributed by atoms with Crippen LogP contribution in [0.15, 0.2) is 23.1 Å². The summed E-state index contributed by atoms with van der Waals surface area (Å²) in [5.41, 5.74) is 0. The quantitative estimate of drug-likeness (QED) is 0.828. The van der Waals surface area contributed by atoms with Crippen molar-refractivity contribution in [3.8, 4) is 0 Å². The van der Waals surface area contributed by atoms with Crippen molar-refractivity contribution in [1.82, 2.24) is 4.31 Å². The molecule has 0 heterocycles. The predicted molar refractivity (Wildman–Crippen MR) is 77.8 cm³/mol. The van der Waals surface area contributed by atoms with E-state index >= 15 is 0 Å². The van der Waals surface area contributed by atoms with Gasteiger partial charge in [-0.1, -0.05) is 30.1 Å². The topological polar surface area (TPSA) is 74.7 Å². The third kappa shape index (κ3) is 4.34. The van der Waals surface area contributed by atoms with Crippen molar-refractivity contribution < 1.29 is 18.3 Å². The van der Waals surface area contributed by atoms with Gasteiger partial charge in [-0.2, -0.15) is 4.31 Å². The highest BCUT2D eigenvalue weighted by molar-refractivity contribution is 7.89. The van der Waals surface area contributed by atoms with Crippen molar-refractivity contribution in [2.45, 2.75) is 24.7 Å². The Kier molecular flexibility index (Phi) is 6.26. The molecule has 1 rings (SSSR count). The van der Waals surface area contributed by atoms with Crippen LogP contribution in [0.1, 0.15) is 19.8 Å². The van der Waals surface area contributed by atoms with E-state index in [0.717, 1.165) is 4.31 Å². The van der Waals surface area contributed by atoms with Crippen LogP contribution in [0, 0.1) is 0 Å². The van der Waals surface area contributed by atoms with Crippen molar-refractivity contribution in [2.24, 2.45) is 0 Å². The Hall–Kier alpha value is -0.820. The van der Waals surface area contributed by atoms with E-state index in [9.17, 15) is 13.2 Å². The summed E-state index contributed by atoms with van der Waals surface area (Å²) in [4.78, 5) is 10.6. The molecule has 0 unspecified atom stereocenters. The average molecular weight is 340 g/mol. The fourth-order valence-corrected chi connectivity index (χ4v) is 3.53. The lowest BCUT2D eigenvalue weighted by atomic mass is 10.4. The van der Waals surface area contributed by atoms with Crippen LogP contribution in [0.4, 0.5) is 0 Å². The summed E-state index contributed by atoms with van der Waals surface area (Å²) < 4.78 is 26.0. The summed E-state index contributed by atoms with van der Waals surface area (Å²) >= 11 is 11.6. The number of rotatable bonds is 7.